The highest BCUT2D eigenvalue weighted by Gasteiger charge is 2.37. The zero-order valence-electron chi connectivity index (χ0n) is 11.0. The number of aryl methyl sites for hydroxylation is 1. The van der Waals surface area contributed by atoms with E-state index in [1.165, 1.54) is 4.31 Å². The van der Waals surface area contributed by atoms with E-state index < -0.39 is 21.9 Å². The third kappa shape index (κ3) is 3.05. The molecule has 0 aliphatic carbocycles. The van der Waals surface area contributed by atoms with Crippen LogP contribution in [0.25, 0.3) is 0 Å². The van der Waals surface area contributed by atoms with Crippen molar-refractivity contribution in [3.63, 3.8) is 0 Å². The Morgan fingerprint density at radius 1 is 1.50 bits per heavy atom. The van der Waals surface area contributed by atoms with E-state index in [1.54, 1.807) is 6.92 Å². The van der Waals surface area contributed by atoms with E-state index in [0.717, 1.165) is 11.3 Å². The van der Waals surface area contributed by atoms with Gasteiger partial charge in [0.1, 0.15) is 0 Å². The van der Waals surface area contributed by atoms with Crippen molar-refractivity contribution in [3.8, 4) is 0 Å². The molecule has 1 N–H and O–H groups in total. The van der Waals surface area contributed by atoms with Gasteiger partial charge in [0.2, 0.25) is 4.34 Å². The molecule has 0 amide bonds. The molecule has 0 spiro atoms. The van der Waals surface area contributed by atoms with Gasteiger partial charge in [0, 0.05) is 13.1 Å². The third-order valence-electron chi connectivity index (χ3n) is 3.26. The monoisotopic (exact) mass is 382 g/mol. The number of hydrogen-bond donors (Lipinski definition) is 1. The van der Waals surface area contributed by atoms with Gasteiger partial charge in [-0.25, -0.2) is 13.4 Å². The number of nitrogens with zero attached hydrogens (tertiary/aromatic N) is 2. The summed E-state index contributed by atoms with van der Waals surface area (Å²) in [7, 11) is -3.72. The number of carboxylic acid groups (broad SMARTS) is 1. The largest absolute Gasteiger partial charge is 0.481 e. The molecule has 1 saturated heterocycles. The van der Waals surface area contributed by atoms with Gasteiger partial charge in [0.05, 0.1) is 15.4 Å². The highest BCUT2D eigenvalue weighted by atomic mass is 79.9. The van der Waals surface area contributed by atoms with E-state index >= 15 is 0 Å². The fourth-order valence-corrected chi connectivity index (χ4v) is 5.94. The van der Waals surface area contributed by atoms with E-state index in [4.69, 9.17) is 5.11 Å². The molecule has 0 bridgehead atoms. The van der Waals surface area contributed by atoms with Crippen molar-refractivity contribution in [2.75, 3.05) is 13.1 Å². The average molecular weight is 383 g/mol. The normalized spacial score (nSPS) is 24.8. The van der Waals surface area contributed by atoms with Crippen LogP contribution in [0.3, 0.4) is 0 Å². The fourth-order valence-electron chi connectivity index (χ4n) is 2.25. The summed E-state index contributed by atoms with van der Waals surface area (Å²) in [4.78, 5) is 15.2. The lowest BCUT2D eigenvalue weighted by atomic mass is 9.92. The first-order chi connectivity index (χ1) is 9.21. The number of carboxylic acids is 1. The predicted molar refractivity (Wildman–Crippen MR) is 78.2 cm³/mol. The molecule has 0 aromatic carbocycles. The topological polar surface area (TPSA) is 87.6 Å². The summed E-state index contributed by atoms with van der Waals surface area (Å²) >= 11 is 4.31. The second-order valence-corrected chi connectivity index (χ2v) is 9.47. The maximum Gasteiger partial charge on any atom is 0.307 e. The number of piperidine rings is 1. The van der Waals surface area contributed by atoms with Crippen LogP contribution in [0.4, 0.5) is 0 Å². The molecule has 112 valence electrons. The van der Waals surface area contributed by atoms with Crippen molar-refractivity contribution in [3.05, 3.63) is 9.48 Å². The molecular weight excluding hydrogens is 368 g/mol. The van der Waals surface area contributed by atoms with E-state index in [-0.39, 0.29) is 16.8 Å². The molecule has 1 aliphatic rings. The predicted octanol–water partition coefficient (Wildman–Crippen LogP) is 1.95. The van der Waals surface area contributed by atoms with Gasteiger partial charge < -0.3 is 5.11 Å². The van der Waals surface area contributed by atoms with Gasteiger partial charge in [0.25, 0.3) is 10.0 Å². The number of aromatic nitrogens is 1. The van der Waals surface area contributed by atoms with E-state index in [9.17, 15) is 13.2 Å². The van der Waals surface area contributed by atoms with Crippen molar-refractivity contribution in [2.45, 2.75) is 24.6 Å². The van der Waals surface area contributed by atoms with Gasteiger partial charge in [-0.1, -0.05) is 18.3 Å². The summed E-state index contributed by atoms with van der Waals surface area (Å²) in [5, 5.41) is 9.12. The molecule has 0 radical (unpaired) electrons. The maximum absolute atomic E-state index is 12.5. The number of thiazole rings is 1. The minimum Gasteiger partial charge on any atom is -0.481 e. The molecule has 2 rings (SSSR count). The number of hydrogen-bond acceptors (Lipinski definition) is 5. The molecular formula is C11H15BrN2O4S2. The van der Waals surface area contributed by atoms with Gasteiger partial charge in [-0.05, 0) is 35.2 Å². The van der Waals surface area contributed by atoms with Crippen LogP contribution in [-0.4, -0.2) is 41.9 Å². The second kappa shape index (κ2) is 5.70. The van der Waals surface area contributed by atoms with Crippen molar-refractivity contribution >= 4 is 43.3 Å². The molecule has 1 fully saturated rings. The molecule has 2 heterocycles. The average Bonchev–Trinajstić information content (AvgIpc) is 2.69. The summed E-state index contributed by atoms with van der Waals surface area (Å²) in [5.41, 5.74) is 0.619. The lowest BCUT2D eigenvalue weighted by Gasteiger charge is -2.33. The first kappa shape index (κ1) is 15.9. The number of rotatable bonds is 3. The van der Waals surface area contributed by atoms with Crippen LogP contribution in [-0.2, 0) is 14.8 Å². The maximum atomic E-state index is 12.5. The van der Waals surface area contributed by atoms with E-state index in [1.807, 2.05) is 6.92 Å². The molecule has 2 atom stereocenters. The first-order valence-electron chi connectivity index (χ1n) is 6.07. The van der Waals surface area contributed by atoms with Crippen molar-refractivity contribution in [1.82, 2.24) is 9.29 Å². The standard InChI is InChI=1S/C11H15BrN2O4S2/c1-6-3-8(10(15)16)5-14(4-6)20(17,18)11-13-7(2)9(12)19-11/h6,8H,3-5H2,1-2H3,(H,15,16). The van der Waals surface area contributed by atoms with Gasteiger partial charge in [-0.3, -0.25) is 4.79 Å². The Labute approximate surface area is 130 Å². The molecule has 1 aliphatic heterocycles. The van der Waals surface area contributed by atoms with Crippen LogP contribution in [0, 0.1) is 18.8 Å². The lowest BCUT2D eigenvalue weighted by molar-refractivity contribution is -0.143. The SMILES string of the molecule is Cc1nc(S(=O)(=O)N2CC(C)CC(C(=O)O)C2)sc1Br. The summed E-state index contributed by atoms with van der Waals surface area (Å²) in [6, 6.07) is 0. The van der Waals surface area contributed by atoms with Crippen molar-refractivity contribution in [1.29, 1.82) is 0 Å². The van der Waals surface area contributed by atoms with Gasteiger partial charge in [-0.15, -0.1) is 0 Å². The lowest BCUT2D eigenvalue weighted by Crippen LogP contribution is -2.45. The highest BCUT2D eigenvalue weighted by molar-refractivity contribution is 9.11. The Morgan fingerprint density at radius 3 is 2.65 bits per heavy atom. The van der Waals surface area contributed by atoms with Gasteiger partial charge >= 0.3 is 5.97 Å². The quantitative estimate of drug-likeness (QED) is 0.862. The Kier molecular flexibility index (Phi) is 4.53. The summed E-state index contributed by atoms with van der Waals surface area (Å²) < 4.78 is 27.0. The van der Waals surface area contributed by atoms with E-state index in [0.29, 0.717) is 22.4 Å². The summed E-state index contributed by atoms with van der Waals surface area (Å²) in [5.74, 6) is -1.59. The van der Waals surface area contributed by atoms with Crippen molar-refractivity contribution in [2.24, 2.45) is 11.8 Å². The first-order valence-corrected chi connectivity index (χ1v) is 9.12. The summed E-state index contributed by atoms with van der Waals surface area (Å²) in [6.07, 6.45) is 0.502. The Bertz CT molecular complexity index is 609. The van der Waals surface area contributed by atoms with Crippen LogP contribution in [0.1, 0.15) is 19.0 Å². The smallest absolute Gasteiger partial charge is 0.307 e. The molecule has 6 nitrogen and oxygen atoms in total. The Morgan fingerprint density at radius 2 is 2.15 bits per heavy atom. The Balaban J connectivity index is 2.31. The minimum absolute atomic E-state index is 0.0122. The van der Waals surface area contributed by atoms with Gasteiger partial charge in [-0.2, -0.15) is 4.31 Å². The minimum atomic E-state index is -3.72. The van der Waals surface area contributed by atoms with Crippen LogP contribution >= 0.6 is 27.3 Å². The molecule has 1 aromatic heterocycles. The molecule has 1 aromatic rings. The van der Waals surface area contributed by atoms with Crippen LogP contribution in [0.2, 0.25) is 0 Å². The van der Waals surface area contributed by atoms with Crippen LogP contribution < -0.4 is 0 Å². The number of halogens is 1. The Hall–Kier alpha value is -0.510. The van der Waals surface area contributed by atoms with Crippen LogP contribution in [0.5, 0.6) is 0 Å². The molecule has 20 heavy (non-hydrogen) atoms. The van der Waals surface area contributed by atoms with E-state index in [2.05, 4.69) is 20.9 Å². The second-order valence-electron chi connectivity index (χ2n) is 5.04. The number of aliphatic carboxylic acids is 1. The fraction of sp³-hybridized carbons (Fsp3) is 0.636. The van der Waals surface area contributed by atoms with Crippen LogP contribution in [0.15, 0.2) is 8.13 Å². The third-order valence-corrected chi connectivity index (χ3v) is 7.45. The molecule has 9 heteroatoms. The molecule has 2 unspecified atom stereocenters. The zero-order chi connectivity index (χ0) is 15.1. The van der Waals surface area contributed by atoms with Crippen molar-refractivity contribution < 1.29 is 18.3 Å². The van der Waals surface area contributed by atoms with Gasteiger partial charge in [0.15, 0.2) is 0 Å². The highest BCUT2D eigenvalue weighted by Crippen LogP contribution is 2.32. The number of sulfonamides is 1. The zero-order valence-corrected chi connectivity index (χ0v) is 14.3. The number of carbonyl (C=O) groups is 1. The summed E-state index contributed by atoms with van der Waals surface area (Å²) in [6.45, 7) is 3.93. The molecule has 0 saturated carbocycles.